The van der Waals surface area contributed by atoms with E-state index in [1.165, 1.54) is 11.1 Å². The van der Waals surface area contributed by atoms with Gasteiger partial charge in [-0.3, -0.25) is 0 Å². The van der Waals surface area contributed by atoms with Crippen LogP contribution < -0.4 is 5.73 Å². The van der Waals surface area contributed by atoms with Gasteiger partial charge in [0, 0.05) is 5.56 Å². The lowest BCUT2D eigenvalue weighted by Crippen LogP contribution is -2.11. The fraction of sp³-hybridized carbons (Fsp3) is 0.111. The summed E-state index contributed by atoms with van der Waals surface area (Å²) in [6.45, 7) is 1.94. The third-order valence-corrected chi connectivity index (χ3v) is 3.61. The molecule has 100 valence electrons. The molecule has 2 aromatic carbocycles. The molecule has 0 aliphatic carbocycles. The van der Waals surface area contributed by atoms with E-state index in [0.717, 1.165) is 16.9 Å². The monoisotopic (exact) mass is 263 g/mol. The smallest absolute Gasteiger partial charge is 0.105 e. The summed E-state index contributed by atoms with van der Waals surface area (Å²) in [7, 11) is 0. The summed E-state index contributed by atoms with van der Waals surface area (Å²) in [5.74, 6) is 0.879. The van der Waals surface area contributed by atoms with Crippen LogP contribution in [0.15, 0.2) is 71.3 Å². The summed E-state index contributed by atoms with van der Waals surface area (Å²) in [5, 5.41) is 0. The van der Waals surface area contributed by atoms with Crippen LogP contribution in [0, 0.1) is 6.92 Å². The molecular formula is C18H17NO. The average molecular weight is 263 g/mol. The molecule has 20 heavy (non-hydrogen) atoms. The molecule has 0 fully saturated rings. The van der Waals surface area contributed by atoms with E-state index in [-0.39, 0.29) is 6.04 Å². The van der Waals surface area contributed by atoms with Crippen LogP contribution in [0.25, 0.3) is 11.1 Å². The molecule has 0 amide bonds. The highest BCUT2D eigenvalue weighted by Crippen LogP contribution is 2.26. The molecular weight excluding hydrogens is 246 g/mol. The van der Waals surface area contributed by atoms with Gasteiger partial charge in [-0.25, -0.2) is 0 Å². The van der Waals surface area contributed by atoms with Crippen LogP contribution in [0.2, 0.25) is 0 Å². The van der Waals surface area contributed by atoms with E-state index in [1.54, 1.807) is 6.26 Å². The third-order valence-electron chi connectivity index (χ3n) is 3.61. The van der Waals surface area contributed by atoms with Gasteiger partial charge >= 0.3 is 0 Å². The van der Waals surface area contributed by atoms with Crippen molar-refractivity contribution in [2.75, 3.05) is 0 Å². The van der Waals surface area contributed by atoms with E-state index in [1.807, 2.05) is 31.2 Å². The van der Waals surface area contributed by atoms with Gasteiger partial charge in [0.15, 0.2) is 0 Å². The van der Waals surface area contributed by atoms with Gasteiger partial charge in [-0.15, -0.1) is 0 Å². The number of hydrogen-bond acceptors (Lipinski definition) is 2. The Labute approximate surface area is 118 Å². The maximum atomic E-state index is 6.29. The minimum absolute atomic E-state index is 0.140. The third kappa shape index (κ3) is 2.38. The molecule has 1 aromatic heterocycles. The van der Waals surface area contributed by atoms with Gasteiger partial charge in [-0.1, -0.05) is 54.6 Å². The number of rotatable bonds is 3. The Morgan fingerprint density at radius 3 is 2.10 bits per heavy atom. The molecule has 0 saturated heterocycles. The Bertz CT molecular complexity index is 683. The van der Waals surface area contributed by atoms with Crippen molar-refractivity contribution in [3.63, 3.8) is 0 Å². The molecule has 2 nitrogen and oxygen atoms in total. The molecule has 0 spiro atoms. The van der Waals surface area contributed by atoms with E-state index in [4.69, 9.17) is 10.2 Å². The zero-order valence-corrected chi connectivity index (χ0v) is 11.4. The van der Waals surface area contributed by atoms with Gasteiger partial charge in [0.25, 0.3) is 0 Å². The van der Waals surface area contributed by atoms with Crippen molar-refractivity contribution in [1.29, 1.82) is 0 Å². The number of furan rings is 1. The van der Waals surface area contributed by atoms with Crippen LogP contribution in [-0.4, -0.2) is 0 Å². The lowest BCUT2D eigenvalue weighted by Gasteiger charge is -2.12. The van der Waals surface area contributed by atoms with E-state index >= 15 is 0 Å². The van der Waals surface area contributed by atoms with Crippen molar-refractivity contribution < 1.29 is 4.42 Å². The number of nitrogens with two attached hydrogens (primary N) is 1. The van der Waals surface area contributed by atoms with E-state index in [9.17, 15) is 0 Å². The van der Waals surface area contributed by atoms with Crippen LogP contribution in [0.1, 0.15) is 22.9 Å². The zero-order valence-electron chi connectivity index (χ0n) is 11.4. The fourth-order valence-electron chi connectivity index (χ4n) is 2.41. The molecule has 0 bridgehead atoms. The number of benzene rings is 2. The molecule has 2 heteroatoms. The summed E-state index contributed by atoms with van der Waals surface area (Å²) >= 11 is 0. The maximum absolute atomic E-state index is 6.29. The first-order valence-electron chi connectivity index (χ1n) is 6.70. The summed E-state index contributed by atoms with van der Waals surface area (Å²) in [5.41, 5.74) is 10.8. The second-order valence-corrected chi connectivity index (χ2v) is 4.90. The Kier molecular flexibility index (Phi) is 3.40. The summed E-state index contributed by atoms with van der Waals surface area (Å²) in [6, 6.07) is 20.5. The van der Waals surface area contributed by atoms with Crippen LogP contribution in [0.3, 0.4) is 0 Å². The van der Waals surface area contributed by atoms with E-state index < -0.39 is 0 Å². The molecule has 0 aliphatic rings. The first kappa shape index (κ1) is 12.7. The topological polar surface area (TPSA) is 39.2 Å². The number of hydrogen-bond donors (Lipinski definition) is 1. The van der Waals surface area contributed by atoms with Crippen LogP contribution in [0.5, 0.6) is 0 Å². The predicted molar refractivity (Wildman–Crippen MR) is 81.4 cm³/mol. The standard InChI is InChI=1S/C18H17NO/c1-13-17(11-12-20-13)18(19)16-9-7-15(8-10-16)14-5-3-2-4-6-14/h2-12,18H,19H2,1H3. The van der Waals surface area contributed by atoms with E-state index in [2.05, 4.69) is 36.4 Å². The summed E-state index contributed by atoms with van der Waals surface area (Å²) < 4.78 is 5.32. The van der Waals surface area contributed by atoms with Crippen molar-refractivity contribution in [2.24, 2.45) is 5.73 Å². The Morgan fingerprint density at radius 2 is 1.50 bits per heavy atom. The van der Waals surface area contributed by atoms with Crippen molar-refractivity contribution >= 4 is 0 Å². The minimum atomic E-state index is -0.140. The zero-order chi connectivity index (χ0) is 13.9. The molecule has 3 aromatic rings. The van der Waals surface area contributed by atoms with Gasteiger partial charge in [-0.2, -0.15) is 0 Å². The molecule has 1 unspecified atom stereocenters. The highest BCUT2D eigenvalue weighted by atomic mass is 16.3. The highest BCUT2D eigenvalue weighted by Gasteiger charge is 2.13. The van der Waals surface area contributed by atoms with Gasteiger partial charge in [0.2, 0.25) is 0 Å². The number of aryl methyl sites for hydroxylation is 1. The van der Waals surface area contributed by atoms with Crippen molar-refractivity contribution in [3.05, 3.63) is 83.8 Å². The fourth-order valence-corrected chi connectivity index (χ4v) is 2.41. The van der Waals surface area contributed by atoms with Crippen LogP contribution in [-0.2, 0) is 0 Å². The van der Waals surface area contributed by atoms with Crippen molar-refractivity contribution in [1.82, 2.24) is 0 Å². The van der Waals surface area contributed by atoms with Gasteiger partial charge < -0.3 is 10.2 Å². The predicted octanol–water partition coefficient (Wildman–Crippen LogP) is 4.30. The molecule has 1 atom stereocenters. The second kappa shape index (κ2) is 5.35. The lowest BCUT2D eigenvalue weighted by atomic mass is 9.97. The summed E-state index contributed by atoms with van der Waals surface area (Å²) in [4.78, 5) is 0. The average Bonchev–Trinajstić information content (AvgIpc) is 2.94. The molecule has 1 heterocycles. The van der Waals surface area contributed by atoms with E-state index in [0.29, 0.717) is 0 Å². The van der Waals surface area contributed by atoms with Gasteiger partial charge in [0.05, 0.1) is 12.3 Å². The van der Waals surface area contributed by atoms with Gasteiger partial charge in [0.1, 0.15) is 5.76 Å². The van der Waals surface area contributed by atoms with Crippen molar-refractivity contribution in [3.8, 4) is 11.1 Å². The minimum Gasteiger partial charge on any atom is -0.469 e. The molecule has 3 rings (SSSR count). The molecule has 2 N–H and O–H groups in total. The van der Waals surface area contributed by atoms with Crippen molar-refractivity contribution in [2.45, 2.75) is 13.0 Å². The van der Waals surface area contributed by atoms with Crippen LogP contribution in [0.4, 0.5) is 0 Å². The lowest BCUT2D eigenvalue weighted by molar-refractivity contribution is 0.527. The first-order valence-corrected chi connectivity index (χ1v) is 6.70. The molecule has 0 aliphatic heterocycles. The highest BCUT2D eigenvalue weighted by molar-refractivity contribution is 5.63. The second-order valence-electron chi connectivity index (χ2n) is 4.90. The first-order chi connectivity index (χ1) is 9.75. The largest absolute Gasteiger partial charge is 0.469 e. The molecule has 0 radical (unpaired) electrons. The SMILES string of the molecule is Cc1occc1C(N)c1ccc(-c2ccccc2)cc1. The van der Waals surface area contributed by atoms with Gasteiger partial charge in [-0.05, 0) is 29.7 Å². The Balaban J connectivity index is 1.89. The maximum Gasteiger partial charge on any atom is 0.105 e. The molecule has 0 saturated carbocycles. The normalized spacial score (nSPS) is 12.3. The Morgan fingerprint density at radius 1 is 0.850 bits per heavy atom. The summed E-state index contributed by atoms with van der Waals surface area (Å²) in [6.07, 6.45) is 1.68. The Hall–Kier alpha value is -2.32. The van der Waals surface area contributed by atoms with Crippen LogP contribution >= 0.6 is 0 Å². The quantitative estimate of drug-likeness (QED) is 0.765.